The summed E-state index contributed by atoms with van der Waals surface area (Å²) in [5.74, 6) is 0. The van der Waals surface area contributed by atoms with E-state index in [4.69, 9.17) is 4.42 Å². The fourth-order valence-electron chi connectivity index (χ4n) is 7.54. The van der Waals surface area contributed by atoms with Crippen LogP contribution < -0.4 is 4.90 Å². The Balaban J connectivity index is 1.36. The molecule has 0 N–H and O–H groups in total. The van der Waals surface area contributed by atoms with Crippen molar-refractivity contribution in [2.24, 2.45) is 0 Å². The Morgan fingerprint density at radius 1 is 0.600 bits per heavy atom. The summed E-state index contributed by atoms with van der Waals surface area (Å²) in [6, 6.07) is 39.9. The van der Waals surface area contributed by atoms with Crippen LogP contribution in [0.2, 0.25) is 0 Å². The third kappa shape index (κ3) is 3.88. The fourth-order valence-corrected chi connectivity index (χ4v) is 7.54. The minimum Gasteiger partial charge on any atom is -0.456 e. The number of benzene rings is 6. The second-order valence-electron chi connectivity index (χ2n) is 13.4. The van der Waals surface area contributed by atoms with Crippen molar-refractivity contribution in [3.63, 3.8) is 0 Å². The number of para-hydroxylation sites is 1. The summed E-state index contributed by atoms with van der Waals surface area (Å²) in [4.78, 5) is 2.28. The fraction of sp³-hybridized carbons (Fsp3) is 0.163. The van der Waals surface area contributed by atoms with Gasteiger partial charge in [-0.25, -0.2) is 0 Å². The van der Waals surface area contributed by atoms with Gasteiger partial charge in [-0.3, -0.25) is 0 Å². The minimum atomic E-state index is -0.0559. The topological polar surface area (TPSA) is 16.4 Å². The second kappa shape index (κ2) is 9.71. The predicted molar refractivity (Wildman–Crippen MR) is 193 cm³/mol. The third-order valence-corrected chi connectivity index (χ3v) is 10.7. The standard InChI is InChI=1S/C43H37NO/c1-7-29(8-2)44(31-21-22-34-33-14-10-12-16-40(33)45-41(34)25-31)30-20-19-27-17-18-28-23-37-32-13-9-11-15-38(32)42(3,4)43(5,6)39(37)26-36(28)35(27)24-30/h7-26H,1H2,2-6H3/b29-8+. The van der Waals surface area contributed by atoms with Crippen molar-refractivity contribution in [3.8, 4) is 11.1 Å². The molecule has 0 saturated heterocycles. The monoisotopic (exact) mass is 583 g/mol. The van der Waals surface area contributed by atoms with Crippen LogP contribution in [0.4, 0.5) is 11.4 Å². The summed E-state index contributed by atoms with van der Waals surface area (Å²) in [7, 11) is 0. The van der Waals surface area contributed by atoms with Crippen molar-refractivity contribution in [1.29, 1.82) is 0 Å². The maximum absolute atomic E-state index is 6.30. The number of fused-ring (bicyclic) bond motifs is 9. The van der Waals surface area contributed by atoms with Crippen molar-refractivity contribution < 1.29 is 4.42 Å². The lowest BCUT2D eigenvalue weighted by atomic mass is 9.55. The number of anilines is 2. The molecular formula is C43H37NO. The zero-order valence-corrected chi connectivity index (χ0v) is 26.6. The zero-order chi connectivity index (χ0) is 31.1. The van der Waals surface area contributed by atoms with Gasteiger partial charge in [-0.05, 0) is 110 Å². The number of hydrogen-bond donors (Lipinski definition) is 0. The van der Waals surface area contributed by atoms with E-state index in [1.807, 2.05) is 18.2 Å². The molecule has 2 heteroatoms. The van der Waals surface area contributed by atoms with Crippen LogP contribution in [-0.4, -0.2) is 0 Å². The summed E-state index contributed by atoms with van der Waals surface area (Å²) < 4.78 is 6.30. The van der Waals surface area contributed by atoms with E-state index in [0.717, 1.165) is 39.0 Å². The van der Waals surface area contributed by atoms with Gasteiger partial charge in [0.25, 0.3) is 0 Å². The molecule has 0 bridgehead atoms. The molecule has 7 aromatic rings. The van der Waals surface area contributed by atoms with Crippen LogP contribution in [0, 0.1) is 0 Å². The van der Waals surface area contributed by atoms with Gasteiger partial charge in [0, 0.05) is 33.9 Å². The summed E-state index contributed by atoms with van der Waals surface area (Å²) in [6.07, 6.45) is 4.04. The van der Waals surface area contributed by atoms with E-state index >= 15 is 0 Å². The van der Waals surface area contributed by atoms with Crippen LogP contribution in [0.25, 0.3) is 54.6 Å². The summed E-state index contributed by atoms with van der Waals surface area (Å²) in [5, 5.41) is 7.27. The van der Waals surface area contributed by atoms with Gasteiger partial charge >= 0.3 is 0 Å². The van der Waals surface area contributed by atoms with Gasteiger partial charge in [-0.15, -0.1) is 0 Å². The molecule has 0 aliphatic heterocycles. The maximum atomic E-state index is 6.30. The smallest absolute Gasteiger partial charge is 0.137 e. The highest BCUT2D eigenvalue weighted by Crippen LogP contribution is 2.54. The molecular weight excluding hydrogens is 546 g/mol. The molecule has 0 unspecified atom stereocenters. The van der Waals surface area contributed by atoms with Gasteiger partial charge in [-0.1, -0.05) is 101 Å². The molecule has 45 heavy (non-hydrogen) atoms. The summed E-state index contributed by atoms with van der Waals surface area (Å²) >= 11 is 0. The SMILES string of the molecule is C=C/C(=C\C)N(c1ccc2c(c1)oc1ccccc12)c1ccc2ccc3cc4c(cc3c2c1)C(C)(C)C(C)(C)c1ccccc1-4. The zero-order valence-electron chi connectivity index (χ0n) is 26.6. The van der Waals surface area contributed by atoms with Gasteiger partial charge < -0.3 is 9.32 Å². The normalized spacial score (nSPS) is 15.4. The molecule has 8 rings (SSSR count). The molecule has 0 radical (unpaired) electrons. The number of nitrogens with zero attached hydrogens (tertiary/aromatic N) is 1. The molecule has 1 aromatic heterocycles. The average Bonchev–Trinajstić information content (AvgIpc) is 3.43. The minimum absolute atomic E-state index is 0.0170. The first-order valence-corrected chi connectivity index (χ1v) is 15.8. The van der Waals surface area contributed by atoms with E-state index in [-0.39, 0.29) is 10.8 Å². The third-order valence-electron chi connectivity index (χ3n) is 10.7. The van der Waals surface area contributed by atoms with Crippen LogP contribution in [0.15, 0.2) is 138 Å². The maximum Gasteiger partial charge on any atom is 0.137 e. The van der Waals surface area contributed by atoms with Crippen molar-refractivity contribution in [3.05, 3.63) is 145 Å². The number of allylic oxidation sites excluding steroid dienone is 2. The van der Waals surface area contributed by atoms with E-state index in [1.165, 1.54) is 43.8 Å². The van der Waals surface area contributed by atoms with Crippen LogP contribution in [0.5, 0.6) is 0 Å². The number of rotatable bonds is 4. The molecule has 0 fully saturated rings. The molecule has 0 spiro atoms. The highest BCUT2D eigenvalue weighted by atomic mass is 16.3. The lowest BCUT2D eigenvalue weighted by Crippen LogP contribution is -2.43. The molecule has 0 amide bonds. The van der Waals surface area contributed by atoms with E-state index in [1.54, 1.807) is 0 Å². The lowest BCUT2D eigenvalue weighted by molar-refractivity contribution is 0.299. The largest absolute Gasteiger partial charge is 0.456 e. The highest BCUT2D eigenvalue weighted by Gasteiger charge is 2.45. The lowest BCUT2D eigenvalue weighted by Gasteiger charge is -2.48. The Morgan fingerprint density at radius 2 is 1.24 bits per heavy atom. The number of furan rings is 1. The molecule has 1 heterocycles. The quantitative estimate of drug-likeness (QED) is 0.151. The molecule has 6 aromatic carbocycles. The predicted octanol–water partition coefficient (Wildman–Crippen LogP) is 12.4. The Kier molecular flexibility index (Phi) is 5.93. The number of hydrogen-bond acceptors (Lipinski definition) is 2. The van der Waals surface area contributed by atoms with Crippen LogP contribution in [0.3, 0.4) is 0 Å². The van der Waals surface area contributed by atoms with E-state index in [9.17, 15) is 0 Å². The Morgan fingerprint density at radius 3 is 2.07 bits per heavy atom. The molecule has 1 aliphatic rings. The second-order valence-corrected chi connectivity index (χ2v) is 13.4. The first-order valence-electron chi connectivity index (χ1n) is 15.8. The molecule has 1 aliphatic carbocycles. The highest BCUT2D eigenvalue weighted by molar-refractivity contribution is 6.11. The van der Waals surface area contributed by atoms with Crippen LogP contribution >= 0.6 is 0 Å². The average molecular weight is 584 g/mol. The van der Waals surface area contributed by atoms with E-state index in [0.29, 0.717) is 0 Å². The van der Waals surface area contributed by atoms with Crippen LogP contribution in [-0.2, 0) is 10.8 Å². The molecule has 0 atom stereocenters. The Labute approximate surface area is 264 Å². The van der Waals surface area contributed by atoms with Gasteiger partial charge in [0.15, 0.2) is 0 Å². The van der Waals surface area contributed by atoms with Gasteiger partial charge in [0.1, 0.15) is 11.2 Å². The van der Waals surface area contributed by atoms with Gasteiger partial charge in [-0.2, -0.15) is 0 Å². The van der Waals surface area contributed by atoms with Gasteiger partial charge in [0.05, 0.1) is 0 Å². The van der Waals surface area contributed by atoms with E-state index in [2.05, 4.69) is 149 Å². The molecule has 0 saturated carbocycles. The first-order chi connectivity index (χ1) is 21.7. The van der Waals surface area contributed by atoms with Crippen LogP contribution in [0.1, 0.15) is 45.7 Å². The van der Waals surface area contributed by atoms with E-state index < -0.39 is 0 Å². The van der Waals surface area contributed by atoms with Gasteiger partial charge in [0.2, 0.25) is 0 Å². The summed E-state index contributed by atoms with van der Waals surface area (Å²) in [5.41, 5.74) is 10.4. The molecule has 2 nitrogen and oxygen atoms in total. The van der Waals surface area contributed by atoms with Crippen molar-refractivity contribution in [2.75, 3.05) is 4.90 Å². The van der Waals surface area contributed by atoms with Crippen molar-refractivity contribution in [1.82, 2.24) is 0 Å². The van der Waals surface area contributed by atoms with Crippen molar-refractivity contribution in [2.45, 2.75) is 45.4 Å². The Hall–Kier alpha value is -5.08. The van der Waals surface area contributed by atoms with Crippen molar-refractivity contribution >= 4 is 54.9 Å². The Bertz CT molecular complexity index is 2360. The molecule has 220 valence electrons. The summed E-state index contributed by atoms with van der Waals surface area (Å²) in [6.45, 7) is 15.8. The first kappa shape index (κ1) is 27.5.